The van der Waals surface area contributed by atoms with Crippen LogP contribution in [-0.2, 0) is 20.2 Å². The number of anilines is 1. The summed E-state index contributed by atoms with van der Waals surface area (Å²) in [5.41, 5.74) is 2.46. The Kier molecular flexibility index (Phi) is 7.95. The van der Waals surface area contributed by atoms with Crippen molar-refractivity contribution in [2.24, 2.45) is 0 Å². The van der Waals surface area contributed by atoms with Crippen molar-refractivity contribution in [3.63, 3.8) is 0 Å². The second-order valence-electron chi connectivity index (χ2n) is 8.42. The third kappa shape index (κ3) is 7.17. The molecule has 0 heterocycles. The van der Waals surface area contributed by atoms with Gasteiger partial charge < -0.3 is 14.8 Å². The van der Waals surface area contributed by atoms with Crippen LogP contribution in [0.4, 0.5) is 5.69 Å². The molecule has 0 saturated heterocycles. The molecule has 0 unspecified atom stereocenters. The molecule has 0 aromatic heterocycles. The van der Waals surface area contributed by atoms with Gasteiger partial charge in [0.05, 0.1) is 25.6 Å². The lowest BCUT2D eigenvalue weighted by atomic mass is 9.87. The maximum absolute atomic E-state index is 12.4. The van der Waals surface area contributed by atoms with Crippen molar-refractivity contribution >= 4 is 21.6 Å². The maximum Gasteiger partial charge on any atom is 0.240 e. The summed E-state index contributed by atoms with van der Waals surface area (Å²) in [6.07, 6.45) is 1.06. The molecule has 0 bridgehead atoms. The lowest BCUT2D eigenvalue weighted by molar-refractivity contribution is -0.119. The number of methoxy groups -OCH3 is 1. The van der Waals surface area contributed by atoms with Gasteiger partial charge in [0.1, 0.15) is 24.7 Å². The summed E-state index contributed by atoms with van der Waals surface area (Å²) in [4.78, 5) is 12.4. The Labute approximate surface area is 185 Å². The Hall–Kier alpha value is -2.74. The molecule has 2 aromatic carbocycles. The monoisotopic (exact) mass is 448 g/mol. The number of hydrogen-bond acceptors (Lipinski definition) is 5. The summed E-state index contributed by atoms with van der Waals surface area (Å²) in [5.74, 6) is 0.663. The van der Waals surface area contributed by atoms with E-state index in [0.29, 0.717) is 17.2 Å². The zero-order valence-electron chi connectivity index (χ0n) is 19.1. The molecule has 0 radical (unpaired) electrons. The summed E-state index contributed by atoms with van der Waals surface area (Å²) < 4.78 is 36.6. The van der Waals surface area contributed by atoms with Crippen molar-refractivity contribution in [1.29, 1.82) is 0 Å². The quantitative estimate of drug-likeness (QED) is 0.595. The van der Waals surface area contributed by atoms with E-state index >= 15 is 0 Å². The number of amides is 1. The first kappa shape index (κ1) is 24.5. The first-order chi connectivity index (χ1) is 14.4. The molecule has 8 heteroatoms. The molecule has 0 saturated carbocycles. The second kappa shape index (κ2) is 10.0. The summed E-state index contributed by atoms with van der Waals surface area (Å²) in [6.45, 7) is 8.45. The van der Waals surface area contributed by atoms with E-state index in [0.717, 1.165) is 16.1 Å². The number of sulfonamides is 1. The minimum absolute atomic E-state index is 0.0674. The lowest BCUT2D eigenvalue weighted by Gasteiger charge is -2.24. The van der Waals surface area contributed by atoms with Gasteiger partial charge in [-0.05, 0) is 47.7 Å². The number of carbonyl (C=O) groups excluding carboxylic acids is 1. The number of aryl methyl sites for hydroxylation is 1. The molecule has 0 fully saturated rings. The van der Waals surface area contributed by atoms with Gasteiger partial charge in [-0.3, -0.25) is 9.10 Å². The molecule has 0 aliphatic heterocycles. The fraction of sp³-hybridized carbons (Fsp3) is 0.435. The van der Waals surface area contributed by atoms with Crippen molar-refractivity contribution in [2.45, 2.75) is 33.1 Å². The van der Waals surface area contributed by atoms with E-state index in [1.807, 2.05) is 37.3 Å². The standard InChI is InChI=1S/C23H32N2O5S/c1-17-7-12-21(29-5)20(15-17)25(31(6,27)28)16-22(26)24-13-14-30-19-10-8-18(9-11-19)23(2,3)4/h7-12,15H,13-14,16H2,1-6H3,(H,24,26). The normalized spacial score (nSPS) is 11.7. The van der Waals surface area contributed by atoms with Gasteiger partial charge in [0.2, 0.25) is 15.9 Å². The van der Waals surface area contributed by atoms with Crippen LogP contribution in [-0.4, -0.2) is 47.4 Å². The van der Waals surface area contributed by atoms with E-state index < -0.39 is 15.9 Å². The van der Waals surface area contributed by atoms with E-state index in [-0.39, 0.29) is 25.1 Å². The molecule has 2 rings (SSSR count). The fourth-order valence-corrected chi connectivity index (χ4v) is 3.82. The van der Waals surface area contributed by atoms with Crippen LogP contribution in [0.25, 0.3) is 0 Å². The highest BCUT2D eigenvalue weighted by Gasteiger charge is 2.24. The van der Waals surface area contributed by atoms with Crippen molar-refractivity contribution in [2.75, 3.05) is 37.4 Å². The van der Waals surface area contributed by atoms with Gasteiger partial charge in [-0.15, -0.1) is 0 Å². The molecule has 170 valence electrons. The number of hydrogen-bond donors (Lipinski definition) is 1. The minimum Gasteiger partial charge on any atom is -0.495 e. The molecule has 0 aliphatic carbocycles. The van der Waals surface area contributed by atoms with Crippen LogP contribution in [0.1, 0.15) is 31.9 Å². The van der Waals surface area contributed by atoms with E-state index in [9.17, 15) is 13.2 Å². The highest BCUT2D eigenvalue weighted by Crippen LogP contribution is 2.30. The average Bonchev–Trinajstić information content (AvgIpc) is 2.68. The molecule has 1 N–H and O–H groups in total. The van der Waals surface area contributed by atoms with Crippen molar-refractivity contribution < 1.29 is 22.7 Å². The first-order valence-electron chi connectivity index (χ1n) is 10.0. The van der Waals surface area contributed by atoms with Gasteiger partial charge in [0.25, 0.3) is 0 Å². The second-order valence-corrected chi connectivity index (χ2v) is 10.3. The topological polar surface area (TPSA) is 84.9 Å². The van der Waals surface area contributed by atoms with E-state index in [1.54, 1.807) is 12.1 Å². The Bertz CT molecular complexity index is 996. The van der Waals surface area contributed by atoms with Gasteiger partial charge in [-0.25, -0.2) is 8.42 Å². The SMILES string of the molecule is COc1ccc(C)cc1N(CC(=O)NCCOc1ccc(C(C)(C)C)cc1)S(C)(=O)=O. The predicted octanol–water partition coefficient (Wildman–Crippen LogP) is 3.26. The Morgan fingerprint density at radius 3 is 2.29 bits per heavy atom. The molecule has 0 aliphatic rings. The van der Waals surface area contributed by atoms with Crippen molar-refractivity contribution in [3.05, 3.63) is 53.6 Å². The summed E-state index contributed by atoms with van der Waals surface area (Å²) in [6, 6.07) is 13.0. The zero-order valence-corrected chi connectivity index (χ0v) is 19.9. The fourth-order valence-electron chi connectivity index (χ4n) is 2.97. The van der Waals surface area contributed by atoms with Gasteiger partial charge >= 0.3 is 0 Å². The van der Waals surface area contributed by atoms with Crippen LogP contribution in [0.5, 0.6) is 11.5 Å². The first-order valence-corrected chi connectivity index (χ1v) is 11.9. The molecule has 7 nitrogen and oxygen atoms in total. The van der Waals surface area contributed by atoms with Crippen LogP contribution >= 0.6 is 0 Å². The van der Waals surface area contributed by atoms with Crippen LogP contribution in [0.2, 0.25) is 0 Å². The molecule has 0 atom stereocenters. The number of nitrogens with zero attached hydrogens (tertiary/aromatic N) is 1. The Morgan fingerprint density at radius 1 is 1.10 bits per heavy atom. The van der Waals surface area contributed by atoms with Crippen molar-refractivity contribution in [3.8, 4) is 11.5 Å². The van der Waals surface area contributed by atoms with Crippen LogP contribution in [0.3, 0.4) is 0 Å². The number of rotatable bonds is 9. The number of carbonyl (C=O) groups is 1. The third-order valence-corrected chi connectivity index (χ3v) is 5.83. The maximum atomic E-state index is 12.4. The highest BCUT2D eigenvalue weighted by atomic mass is 32.2. The number of ether oxygens (including phenoxy) is 2. The lowest BCUT2D eigenvalue weighted by Crippen LogP contribution is -2.41. The molecule has 31 heavy (non-hydrogen) atoms. The Balaban J connectivity index is 1.95. The summed E-state index contributed by atoms with van der Waals surface area (Å²) in [5, 5.41) is 2.70. The predicted molar refractivity (Wildman–Crippen MR) is 124 cm³/mol. The average molecular weight is 449 g/mol. The Morgan fingerprint density at radius 2 is 1.74 bits per heavy atom. The van der Waals surface area contributed by atoms with Crippen LogP contribution in [0, 0.1) is 6.92 Å². The van der Waals surface area contributed by atoms with Gasteiger partial charge in [0.15, 0.2) is 0 Å². The van der Waals surface area contributed by atoms with E-state index in [4.69, 9.17) is 9.47 Å². The molecule has 1 amide bonds. The number of nitrogens with one attached hydrogen (secondary N) is 1. The third-order valence-electron chi connectivity index (χ3n) is 4.70. The molecular weight excluding hydrogens is 416 g/mol. The van der Waals surface area contributed by atoms with Crippen molar-refractivity contribution in [1.82, 2.24) is 5.32 Å². The van der Waals surface area contributed by atoms with Crippen LogP contribution in [0.15, 0.2) is 42.5 Å². The van der Waals surface area contributed by atoms with Crippen LogP contribution < -0.4 is 19.1 Å². The molecular formula is C23H32N2O5S. The number of benzene rings is 2. The smallest absolute Gasteiger partial charge is 0.240 e. The molecule has 0 spiro atoms. The zero-order chi connectivity index (χ0) is 23.2. The van der Waals surface area contributed by atoms with Gasteiger partial charge in [-0.2, -0.15) is 0 Å². The van der Waals surface area contributed by atoms with Gasteiger partial charge in [0, 0.05) is 0 Å². The largest absolute Gasteiger partial charge is 0.495 e. The van der Waals surface area contributed by atoms with E-state index in [1.165, 1.54) is 12.7 Å². The van der Waals surface area contributed by atoms with Gasteiger partial charge in [-0.1, -0.05) is 39.0 Å². The minimum atomic E-state index is -3.69. The molecule has 2 aromatic rings. The highest BCUT2D eigenvalue weighted by molar-refractivity contribution is 7.92. The van der Waals surface area contributed by atoms with E-state index in [2.05, 4.69) is 26.1 Å². The summed E-state index contributed by atoms with van der Waals surface area (Å²) in [7, 11) is -2.23. The summed E-state index contributed by atoms with van der Waals surface area (Å²) >= 11 is 0.